The van der Waals surface area contributed by atoms with E-state index in [-0.39, 0.29) is 17.7 Å². The quantitative estimate of drug-likeness (QED) is 0.408. The molecule has 36 heavy (non-hydrogen) atoms. The number of carbonyl (C=O) groups is 2. The molecular formula is C28H28ClN5O2. The summed E-state index contributed by atoms with van der Waals surface area (Å²) >= 11 is 6.05. The molecule has 0 bridgehead atoms. The Labute approximate surface area is 215 Å². The summed E-state index contributed by atoms with van der Waals surface area (Å²) < 4.78 is 1.97. The van der Waals surface area contributed by atoms with Crippen molar-refractivity contribution in [3.8, 4) is 0 Å². The standard InChI is InChI=1S/C28H28ClN5O2/c29-23-7-5-21(6-8-23)19-34-25-4-2-1-3-24(25)32-26(34)28(36)33-17-12-22(13-18-33)27(35)31-16-11-20-9-14-30-15-10-20/h1-10,14-15,22H,11-13,16-19H2,(H,31,35). The number of halogens is 1. The molecule has 5 rings (SSSR count). The van der Waals surface area contributed by atoms with Crippen molar-refractivity contribution in [2.24, 2.45) is 5.92 Å². The lowest BCUT2D eigenvalue weighted by atomic mass is 9.95. The maximum atomic E-state index is 13.6. The lowest BCUT2D eigenvalue weighted by Crippen LogP contribution is -2.44. The second-order valence-corrected chi connectivity index (χ2v) is 9.54. The fraction of sp³-hybridized carbons (Fsp3) is 0.286. The minimum absolute atomic E-state index is 0.0612. The van der Waals surface area contributed by atoms with Gasteiger partial charge in [0.2, 0.25) is 11.7 Å². The zero-order valence-corrected chi connectivity index (χ0v) is 20.7. The zero-order valence-electron chi connectivity index (χ0n) is 19.9. The molecule has 0 aliphatic carbocycles. The van der Waals surface area contributed by atoms with Crippen molar-refractivity contribution < 1.29 is 9.59 Å². The number of nitrogens with zero attached hydrogens (tertiary/aromatic N) is 4. The number of carbonyl (C=O) groups excluding carboxylic acids is 2. The van der Waals surface area contributed by atoms with Crippen molar-refractivity contribution in [1.82, 2.24) is 24.8 Å². The Balaban J connectivity index is 1.23. The summed E-state index contributed by atoms with van der Waals surface area (Å²) in [5.41, 5.74) is 3.89. The molecule has 184 valence electrons. The van der Waals surface area contributed by atoms with Gasteiger partial charge in [-0.25, -0.2) is 4.98 Å². The molecular weight excluding hydrogens is 474 g/mol. The van der Waals surface area contributed by atoms with Crippen molar-refractivity contribution >= 4 is 34.4 Å². The van der Waals surface area contributed by atoms with Gasteiger partial charge in [-0.1, -0.05) is 35.9 Å². The van der Waals surface area contributed by atoms with E-state index in [1.54, 1.807) is 12.4 Å². The number of hydrogen-bond acceptors (Lipinski definition) is 4. The molecule has 2 aromatic heterocycles. The summed E-state index contributed by atoms with van der Waals surface area (Å²) in [6.45, 7) is 2.18. The first-order chi connectivity index (χ1) is 17.6. The van der Waals surface area contributed by atoms with Gasteiger partial charge in [0.15, 0.2) is 0 Å². The van der Waals surface area contributed by atoms with Gasteiger partial charge in [-0.3, -0.25) is 14.6 Å². The van der Waals surface area contributed by atoms with E-state index in [1.807, 2.05) is 70.1 Å². The van der Waals surface area contributed by atoms with E-state index in [4.69, 9.17) is 11.6 Å². The molecule has 3 heterocycles. The first-order valence-corrected chi connectivity index (χ1v) is 12.6. The van der Waals surface area contributed by atoms with E-state index in [1.165, 1.54) is 0 Å². The van der Waals surface area contributed by atoms with Gasteiger partial charge < -0.3 is 14.8 Å². The SMILES string of the molecule is O=C(NCCc1ccncc1)C1CCN(C(=O)c2nc3ccccc3n2Cc2ccc(Cl)cc2)CC1. The van der Waals surface area contributed by atoms with Gasteiger partial charge in [0.1, 0.15) is 0 Å². The topological polar surface area (TPSA) is 80.1 Å². The Hall–Kier alpha value is -3.71. The van der Waals surface area contributed by atoms with Gasteiger partial charge in [0, 0.05) is 49.5 Å². The molecule has 8 heteroatoms. The van der Waals surface area contributed by atoms with Crippen LogP contribution in [0.3, 0.4) is 0 Å². The number of likely N-dealkylation sites (tertiary alicyclic amines) is 1. The molecule has 4 aromatic rings. The number of rotatable bonds is 7. The molecule has 0 atom stereocenters. The van der Waals surface area contributed by atoms with E-state index in [2.05, 4.69) is 15.3 Å². The highest BCUT2D eigenvalue weighted by Gasteiger charge is 2.30. The number of amides is 2. The summed E-state index contributed by atoms with van der Waals surface area (Å²) in [4.78, 5) is 36.8. The van der Waals surface area contributed by atoms with Crippen LogP contribution in [0, 0.1) is 5.92 Å². The van der Waals surface area contributed by atoms with Crippen molar-refractivity contribution in [1.29, 1.82) is 0 Å². The molecule has 1 N–H and O–H groups in total. The Morgan fingerprint density at radius 3 is 2.42 bits per heavy atom. The fourth-order valence-electron chi connectivity index (χ4n) is 4.68. The maximum Gasteiger partial charge on any atom is 0.289 e. The highest BCUT2D eigenvalue weighted by Crippen LogP contribution is 2.23. The first kappa shape index (κ1) is 24.0. The Kier molecular flexibility index (Phi) is 7.28. The number of fused-ring (bicyclic) bond motifs is 1. The third kappa shape index (κ3) is 5.41. The normalized spacial score (nSPS) is 14.2. The Bertz CT molecular complexity index is 1350. The van der Waals surface area contributed by atoms with E-state index in [9.17, 15) is 9.59 Å². The van der Waals surface area contributed by atoms with Crippen LogP contribution in [0.2, 0.25) is 5.02 Å². The Morgan fingerprint density at radius 2 is 1.67 bits per heavy atom. The van der Waals surface area contributed by atoms with E-state index in [0.717, 1.165) is 28.6 Å². The molecule has 0 unspecified atom stereocenters. The third-order valence-electron chi connectivity index (χ3n) is 6.72. The largest absolute Gasteiger partial charge is 0.356 e. The average Bonchev–Trinajstić information content (AvgIpc) is 3.28. The van der Waals surface area contributed by atoms with Gasteiger partial charge >= 0.3 is 0 Å². The molecule has 1 saturated heterocycles. The van der Waals surface area contributed by atoms with E-state index < -0.39 is 0 Å². The summed E-state index contributed by atoms with van der Waals surface area (Å²) in [7, 11) is 0. The molecule has 0 spiro atoms. The Morgan fingerprint density at radius 1 is 0.944 bits per heavy atom. The van der Waals surface area contributed by atoms with Crippen LogP contribution >= 0.6 is 11.6 Å². The van der Waals surface area contributed by atoms with Gasteiger partial charge in [-0.2, -0.15) is 0 Å². The molecule has 2 aromatic carbocycles. The summed E-state index contributed by atoms with van der Waals surface area (Å²) in [6, 6.07) is 19.3. The van der Waals surface area contributed by atoms with Gasteiger partial charge in [0.25, 0.3) is 5.91 Å². The molecule has 2 amide bonds. The van der Waals surface area contributed by atoms with Crippen LogP contribution in [-0.4, -0.2) is 50.9 Å². The van der Waals surface area contributed by atoms with Crippen LogP contribution in [0.15, 0.2) is 73.1 Å². The fourth-order valence-corrected chi connectivity index (χ4v) is 4.81. The number of aromatic nitrogens is 3. The van der Waals surface area contributed by atoms with E-state index in [0.29, 0.717) is 49.9 Å². The van der Waals surface area contributed by atoms with Crippen molar-refractivity contribution in [3.63, 3.8) is 0 Å². The average molecular weight is 502 g/mol. The molecule has 1 aliphatic heterocycles. The summed E-state index contributed by atoms with van der Waals surface area (Å²) in [5, 5.41) is 3.72. The summed E-state index contributed by atoms with van der Waals surface area (Å²) in [5.74, 6) is 0.300. The molecule has 0 saturated carbocycles. The zero-order chi connectivity index (χ0) is 24.9. The predicted molar refractivity (Wildman–Crippen MR) is 140 cm³/mol. The number of para-hydroxylation sites is 2. The van der Waals surface area contributed by atoms with E-state index >= 15 is 0 Å². The third-order valence-corrected chi connectivity index (χ3v) is 6.97. The van der Waals surface area contributed by atoms with Crippen molar-refractivity contribution in [2.45, 2.75) is 25.8 Å². The minimum Gasteiger partial charge on any atom is -0.356 e. The second-order valence-electron chi connectivity index (χ2n) is 9.10. The highest BCUT2D eigenvalue weighted by molar-refractivity contribution is 6.30. The van der Waals surface area contributed by atoms with Crippen LogP contribution in [0.5, 0.6) is 0 Å². The molecule has 0 radical (unpaired) electrons. The van der Waals surface area contributed by atoms with Crippen LogP contribution in [-0.2, 0) is 17.8 Å². The molecule has 1 fully saturated rings. The van der Waals surface area contributed by atoms with Gasteiger partial charge in [-0.15, -0.1) is 0 Å². The van der Waals surface area contributed by atoms with Crippen LogP contribution in [0.1, 0.15) is 34.6 Å². The number of benzene rings is 2. The number of nitrogens with one attached hydrogen (secondary N) is 1. The van der Waals surface area contributed by atoms with Crippen molar-refractivity contribution in [3.05, 3.63) is 95.0 Å². The number of hydrogen-bond donors (Lipinski definition) is 1. The predicted octanol–water partition coefficient (Wildman–Crippen LogP) is 4.34. The maximum absolute atomic E-state index is 13.6. The first-order valence-electron chi connectivity index (χ1n) is 12.2. The number of pyridine rings is 1. The van der Waals surface area contributed by atoms with Crippen LogP contribution in [0.25, 0.3) is 11.0 Å². The monoisotopic (exact) mass is 501 g/mol. The van der Waals surface area contributed by atoms with Gasteiger partial charge in [-0.05, 0) is 66.8 Å². The molecule has 7 nitrogen and oxygen atoms in total. The number of piperidine rings is 1. The van der Waals surface area contributed by atoms with Crippen LogP contribution < -0.4 is 5.32 Å². The van der Waals surface area contributed by atoms with Crippen LogP contribution in [0.4, 0.5) is 0 Å². The lowest BCUT2D eigenvalue weighted by Gasteiger charge is -2.31. The second kappa shape index (κ2) is 10.9. The highest BCUT2D eigenvalue weighted by atomic mass is 35.5. The molecule has 1 aliphatic rings. The summed E-state index contributed by atoms with van der Waals surface area (Å²) in [6.07, 6.45) is 5.57. The number of imidazole rings is 1. The lowest BCUT2D eigenvalue weighted by molar-refractivity contribution is -0.126. The minimum atomic E-state index is -0.100. The smallest absolute Gasteiger partial charge is 0.289 e. The van der Waals surface area contributed by atoms with Gasteiger partial charge in [0.05, 0.1) is 11.0 Å². The van der Waals surface area contributed by atoms with Crippen molar-refractivity contribution in [2.75, 3.05) is 19.6 Å².